The molecule has 0 amide bonds. The fourth-order valence-electron chi connectivity index (χ4n) is 1.79. The lowest BCUT2D eigenvalue weighted by atomic mass is 9.90. The van der Waals surface area contributed by atoms with Gasteiger partial charge in [0.05, 0.1) is 6.07 Å². The molecule has 4 nitrogen and oxygen atoms in total. The first-order valence-corrected chi connectivity index (χ1v) is 7.00. The maximum absolute atomic E-state index is 9.35. The molecule has 0 saturated carbocycles. The van der Waals surface area contributed by atoms with Gasteiger partial charge in [0.15, 0.2) is 5.16 Å². The van der Waals surface area contributed by atoms with Crippen molar-refractivity contribution in [3.8, 4) is 6.07 Å². The molecule has 2 N–H and O–H groups in total. The van der Waals surface area contributed by atoms with E-state index in [2.05, 4.69) is 11.1 Å². The van der Waals surface area contributed by atoms with Crippen molar-refractivity contribution in [3.05, 3.63) is 48.3 Å². The normalized spacial score (nSPS) is 13.7. The highest BCUT2D eigenvalue weighted by Crippen LogP contribution is 2.25. The second-order valence-electron chi connectivity index (χ2n) is 4.37. The molecule has 5 heteroatoms. The summed E-state index contributed by atoms with van der Waals surface area (Å²) in [6, 6.07) is 11.7. The maximum atomic E-state index is 9.35. The molecule has 0 radical (unpaired) electrons. The highest BCUT2D eigenvalue weighted by atomic mass is 32.2. The number of aryl methyl sites for hydroxylation is 1. The minimum Gasteiger partial charge on any atom is -0.329 e. The van der Waals surface area contributed by atoms with Crippen LogP contribution in [0.3, 0.4) is 0 Å². The van der Waals surface area contributed by atoms with Crippen LogP contribution >= 0.6 is 11.8 Å². The third-order valence-electron chi connectivity index (χ3n) is 2.99. The Morgan fingerprint density at radius 3 is 2.74 bits per heavy atom. The first kappa shape index (κ1) is 13.7. The van der Waals surface area contributed by atoms with Crippen LogP contribution in [0.25, 0.3) is 0 Å². The topological polar surface area (TPSA) is 67.6 Å². The molecule has 0 aliphatic heterocycles. The molecule has 1 atom stereocenters. The van der Waals surface area contributed by atoms with Gasteiger partial charge in [-0.3, -0.25) is 0 Å². The predicted molar refractivity (Wildman–Crippen MR) is 76.5 cm³/mol. The van der Waals surface area contributed by atoms with Gasteiger partial charge in [0.1, 0.15) is 5.54 Å². The highest BCUT2D eigenvalue weighted by molar-refractivity contribution is 7.99. The number of thioether (sulfide) groups is 1. The van der Waals surface area contributed by atoms with Gasteiger partial charge < -0.3 is 10.3 Å². The van der Waals surface area contributed by atoms with Crippen molar-refractivity contribution < 1.29 is 0 Å². The van der Waals surface area contributed by atoms with Crippen molar-refractivity contribution in [1.82, 2.24) is 9.55 Å². The number of aromatic nitrogens is 2. The highest BCUT2D eigenvalue weighted by Gasteiger charge is 2.26. The number of nitrogens with two attached hydrogens (primary N) is 1. The van der Waals surface area contributed by atoms with E-state index in [1.165, 1.54) is 0 Å². The van der Waals surface area contributed by atoms with Crippen LogP contribution in [0.15, 0.2) is 47.9 Å². The average Bonchev–Trinajstić information content (AvgIpc) is 2.85. The third-order valence-corrected chi connectivity index (χ3v) is 4.05. The Morgan fingerprint density at radius 2 is 2.16 bits per heavy atom. The quantitative estimate of drug-likeness (QED) is 0.848. The number of benzene rings is 1. The zero-order valence-corrected chi connectivity index (χ0v) is 11.6. The molecule has 98 valence electrons. The third kappa shape index (κ3) is 3.16. The van der Waals surface area contributed by atoms with Gasteiger partial charge in [0, 0.05) is 25.2 Å². The van der Waals surface area contributed by atoms with Gasteiger partial charge in [0.2, 0.25) is 0 Å². The van der Waals surface area contributed by atoms with Gasteiger partial charge in [-0.25, -0.2) is 4.98 Å². The van der Waals surface area contributed by atoms with Crippen LogP contribution in [0.4, 0.5) is 0 Å². The van der Waals surface area contributed by atoms with Gasteiger partial charge in [-0.05, 0) is 12.0 Å². The van der Waals surface area contributed by atoms with Crippen LogP contribution in [-0.2, 0) is 12.6 Å². The number of imidazole rings is 1. The molecule has 0 saturated heterocycles. The molecule has 0 aliphatic carbocycles. The van der Waals surface area contributed by atoms with Crippen LogP contribution in [-0.4, -0.2) is 15.3 Å². The number of rotatable bonds is 5. The Morgan fingerprint density at radius 1 is 1.42 bits per heavy atom. The standard InChI is InChI=1S/C14H16N4S/c1-18-9-8-17-13(18)19-10-7-14(16,11-15)12-5-3-2-4-6-12/h2-6,8-9H,7,10,16H2,1H3. The predicted octanol–water partition coefficient (Wildman–Crippen LogP) is 2.28. The van der Waals surface area contributed by atoms with Crippen molar-refractivity contribution in [2.75, 3.05) is 5.75 Å². The molecular formula is C14H16N4S. The monoisotopic (exact) mass is 272 g/mol. The molecule has 0 spiro atoms. The van der Waals surface area contributed by atoms with E-state index >= 15 is 0 Å². The van der Waals surface area contributed by atoms with Crippen molar-refractivity contribution in [2.24, 2.45) is 12.8 Å². The molecule has 2 aromatic rings. The molecule has 0 bridgehead atoms. The molecule has 1 aromatic heterocycles. The molecule has 19 heavy (non-hydrogen) atoms. The van der Waals surface area contributed by atoms with Gasteiger partial charge in [-0.15, -0.1) is 0 Å². The van der Waals surface area contributed by atoms with Crippen LogP contribution < -0.4 is 5.73 Å². The summed E-state index contributed by atoms with van der Waals surface area (Å²) in [5, 5.41) is 10.3. The van der Waals surface area contributed by atoms with E-state index in [9.17, 15) is 5.26 Å². The van der Waals surface area contributed by atoms with Crippen LogP contribution in [0.1, 0.15) is 12.0 Å². The Bertz CT molecular complexity index is 573. The number of hydrogen-bond acceptors (Lipinski definition) is 4. The second-order valence-corrected chi connectivity index (χ2v) is 5.43. The van der Waals surface area contributed by atoms with Crippen LogP contribution in [0.5, 0.6) is 0 Å². The molecule has 2 rings (SSSR count). The molecule has 0 aliphatic rings. The summed E-state index contributed by atoms with van der Waals surface area (Å²) in [6.45, 7) is 0. The summed E-state index contributed by atoms with van der Waals surface area (Å²) in [7, 11) is 1.95. The smallest absolute Gasteiger partial charge is 0.167 e. The molecular weight excluding hydrogens is 256 g/mol. The fourth-order valence-corrected chi connectivity index (χ4v) is 2.80. The first-order valence-electron chi connectivity index (χ1n) is 6.01. The average molecular weight is 272 g/mol. The SMILES string of the molecule is Cn1ccnc1SCCC(N)(C#N)c1ccccc1. The molecule has 1 aromatic carbocycles. The lowest BCUT2D eigenvalue weighted by Crippen LogP contribution is -2.35. The second kappa shape index (κ2) is 5.91. The van der Waals surface area contributed by atoms with E-state index in [0.29, 0.717) is 6.42 Å². The van der Waals surface area contributed by atoms with Crippen molar-refractivity contribution in [3.63, 3.8) is 0 Å². The first-order chi connectivity index (χ1) is 9.15. The van der Waals surface area contributed by atoms with Crippen molar-refractivity contribution in [2.45, 2.75) is 17.1 Å². The minimum absolute atomic E-state index is 0.588. The summed E-state index contributed by atoms with van der Waals surface area (Å²) in [5.41, 5.74) is 6.12. The molecule has 1 heterocycles. The maximum Gasteiger partial charge on any atom is 0.167 e. The van der Waals surface area contributed by atoms with E-state index in [1.54, 1.807) is 18.0 Å². The largest absolute Gasteiger partial charge is 0.329 e. The van der Waals surface area contributed by atoms with Crippen molar-refractivity contribution in [1.29, 1.82) is 5.26 Å². The lowest BCUT2D eigenvalue weighted by Gasteiger charge is -2.21. The number of nitriles is 1. The summed E-state index contributed by atoms with van der Waals surface area (Å²) in [6.07, 6.45) is 4.25. The van der Waals surface area contributed by atoms with Crippen LogP contribution in [0, 0.1) is 11.3 Å². The van der Waals surface area contributed by atoms with E-state index < -0.39 is 5.54 Å². The fraction of sp³-hybridized carbons (Fsp3) is 0.286. The Labute approximate surface area is 117 Å². The minimum atomic E-state index is -0.931. The van der Waals surface area contributed by atoms with E-state index in [4.69, 9.17) is 5.73 Å². The zero-order chi connectivity index (χ0) is 13.7. The van der Waals surface area contributed by atoms with E-state index in [-0.39, 0.29) is 0 Å². The van der Waals surface area contributed by atoms with Gasteiger partial charge in [-0.2, -0.15) is 5.26 Å². The molecule has 0 fully saturated rings. The van der Waals surface area contributed by atoms with Gasteiger partial charge in [0.25, 0.3) is 0 Å². The number of nitrogens with zero attached hydrogens (tertiary/aromatic N) is 3. The van der Waals surface area contributed by atoms with E-state index in [1.807, 2.05) is 48.1 Å². The van der Waals surface area contributed by atoms with Gasteiger partial charge in [-0.1, -0.05) is 42.1 Å². The molecule has 1 unspecified atom stereocenters. The Kier molecular flexibility index (Phi) is 4.25. The summed E-state index contributed by atoms with van der Waals surface area (Å²) >= 11 is 1.61. The number of hydrogen-bond donors (Lipinski definition) is 1. The lowest BCUT2D eigenvalue weighted by molar-refractivity contribution is 0.559. The zero-order valence-electron chi connectivity index (χ0n) is 10.8. The van der Waals surface area contributed by atoms with Crippen molar-refractivity contribution >= 4 is 11.8 Å². The summed E-state index contributed by atoms with van der Waals surface area (Å²) in [5.74, 6) is 0.754. The Hall–Kier alpha value is -1.77. The van der Waals surface area contributed by atoms with E-state index in [0.717, 1.165) is 16.5 Å². The Balaban J connectivity index is 2.01. The summed E-state index contributed by atoms with van der Waals surface area (Å²) < 4.78 is 1.96. The van der Waals surface area contributed by atoms with Crippen LogP contribution in [0.2, 0.25) is 0 Å². The van der Waals surface area contributed by atoms with Gasteiger partial charge >= 0.3 is 0 Å². The summed E-state index contributed by atoms with van der Waals surface area (Å²) in [4.78, 5) is 4.24.